The second-order valence-electron chi connectivity index (χ2n) is 5.94. The number of thioether (sulfide) groups is 1. The van der Waals surface area contributed by atoms with Crippen LogP contribution < -0.4 is 0 Å². The highest BCUT2D eigenvalue weighted by Gasteiger charge is 2.32. The third-order valence-corrected chi connectivity index (χ3v) is 5.10. The number of hydrogen-bond donors (Lipinski definition) is 0. The SMILES string of the molecule is C=CCC(CC(CC(SC(C)=O)C(=O)OC)C(=O)OC)c1ccccc1. The Bertz CT molecular complexity index is 614. The standard InChI is InChI=1S/C20H26O5S/c1-5-9-16(15-10-7-6-8-11-15)12-17(19(22)24-3)13-18(20(23)25-4)26-14(2)21/h5-8,10-11,16-18H,1,9,12-13H2,2-4H3. The number of methoxy groups -OCH3 is 2. The quantitative estimate of drug-likeness (QED) is 0.456. The van der Waals surface area contributed by atoms with E-state index >= 15 is 0 Å². The van der Waals surface area contributed by atoms with E-state index in [4.69, 9.17) is 9.47 Å². The molecule has 0 amide bonds. The van der Waals surface area contributed by atoms with Crippen molar-refractivity contribution in [3.05, 3.63) is 48.6 Å². The summed E-state index contributed by atoms with van der Waals surface area (Å²) >= 11 is 0.883. The molecule has 26 heavy (non-hydrogen) atoms. The molecule has 0 aromatic heterocycles. The van der Waals surface area contributed by atoms with Crippen LogP contribution in [0.25, 0.3) is 0 Å². The molecule has 6 heteroatoms. The summed E-state index contributed by atoms with van der Waals surface area (Å²) in [5.41, 5.74) is 1.09. The van der Waals surface area contributed by atoms with Crippen LogP contribution in [0, 0.1) is 5.92 Å². The molecule has 0 aliphatic carbocycles. The molecule has 5 nitrogen and oxygen atoms in total. The van der Waals surface area contributed by atoms with Gasteiger partial charge in [-0.1, -0.05) is 48.2 Å². The molecular weight excluding hydrogens is 352 g/mol. The molecule has 142 valence electrons. The zero-order valence-corrected chi connectivity index (χ0v) is 16.3. The fraction of sp³-hybridized carbons (Fsp3) is 0.450. The van der Waals surface area contributed by atoms with Gasteiger partial charge in [0.25, 0.3) is 0 Å². The lowest BCUT2D eigenvalue weighted by Crippen LogP contribution is -2.28. The first-order chi connectivity index (χ1) is 12.4. The van der Waals surface area contributed by atoms with Crippen molar-refractivity contribution in [3.63, 3.8) is 0 Å². The van der Waals surface area contributed by atoms with Crippen LogP contribution >= 0.6 is 11.8 Å². The number of ether oxygens (including phenoxy) is 2. The van der Waals surface area contributed by atoms with E-state index in [1.54, 1.807) is 0 Å². The number of carbonyl (C=O) groups is 3. The van der Waals surface area contributed by atoms with Gasteiger partial charge in [-0.3, -0.25) is 14.4 Å². The van der Waals surface area contributed by atoms with Crippen LogP contribution in [0.3, 0.4) is 0 Å². The maximum atomic E-state index is 12.3. The normalized spacial score (nSPS) is 14.0. The number of carbonyl (C=O) groups excluding carboxylic acids is 3. The summed E-state index contributed by atoms with van der Waals surface area (Å²) in [4.78, 5) is 35.8. The molecule has 0 spiro atoms. The minimum Gasteiger partial charge on any atom is -0.469 e. The fourth-order valence-electron chi connectivity index (χ4n) is 2.88. The van der Waals surface area contributed by atoms with E-state index in [0.29, 0.717) is 12.8 Å². The number of allylic oxidation sites excluding steroid dienone is 1. The predicted molar refractivity (Wildman–Crippen MR) is 103 cm³/mol. The minimum atomic E-state index is -0.734. The molecule has 1 aromatic rings. The van der Waals surface area contributed by atoms with E-state index in [2.05, 4.69) is 6.58 Å². The molecule has 0 bridgehead atoms. The van der Waals surface area contributed by atoms with Crippen LogP contribution in [0.5, 0.6) is 0 Å². The van der Waals surface area contributed by atoms with Crippen molar-refractivity contribution in [1.82, 2.24) is 0 Å². The first-order valence-electron chi connectivity index (χ1n) is 8.41. The van der Waals surface area contributed by atoms with Gasteiger partial charge in [-0.05, 0) is 30.7 Å². The molecule has 0 radical (unpaired) electrons. The number of benzene rings is 1. The van der Waals surface area contributed by atoms with Gasteiger partial charge in [-0.25, -0.2) is 0 Å². The second kappa shape index (κ2) is 11.5. The lowest BCUT2D eigenvalue weighted by molar-refractivity contribution is -0.147. The maximum absolute atomic E-state index is 12.3. The first kappa shape index (κ1) is 22.0. The number of rotatable bonds is 10. The van der Waals surface area contributed by atoms with E-state index in [-0.39, 0.29) is 17.5 Å². The van der Waals surface area contributed by atoms with Crippen LogP contribution in [0.4, 0.5) is 0 Å². The summed E-state index contributed by atoms with van der Waals surface area (Å²) in [6.45, 7) is 5.19. The van der Waals surface area contributed by atoms with Gasteiger partial charge in [0.1, 0.15) is 5.25 Å². The minimum absolute atomic E-state index is 0.0680. The monoisotopic (exact) mass is 378 g/mol. The van der Waals surface area contributed by atoms with Crippen molar-refractivity contribution in [2.75, 3.05) is 14.2 Å². The predicted octanol–water partition coefficient (Wildman–Crippen LogP) is 3.74. The molecule has 0 fully saturated rings. The van der Waals surface area contributed by atoms with Crippen molar-refractivity contribution in [1.29, 1.82) is 0 Å². The van der Waals surface area contributed by atoms with Gasteiger partial charge < -0.3 is 9.47 Å². The van der Waals surface area contributed by atoms with Crippen LogP contribution in [0.2, 0.25) is 0 Å². The summed E-state index contributed by atoms with van der Waals surface area (Å²) in [5.74, 6) is -1.37. The largest absolute Gasteiger partial charge is 0.469 e. The summed E-state index contributed by atoms with van der Waals surface area (Å²) in [7, 11) is 2.60. The average Bonchev–Trinajstić information content (AvgIpc) is 2.65. The zero-order valence-electron chi connectivity index (χ0n) is 15.5. The van der Waals surface area contributed by atoms with Gasteiger partial charge in [-0.2, -0.15) is 0 Å². The Hall–Kier alpha value is -2.08. The molecule has 1 rings (SSSR count). The van der Waals surface area contributed by atoms with Crippen LogP contribution in [0.1, 0.15) is 37.7 Å². The molecule has 0 saturated heterocycles. The van der Waals surface area contributed by atoms with Gasteiger partial charge in [0.05, 0.1) is 20.1 Å². The Morgan fingerprint density at radius 3 is 2.19 bits per heavy atom. The summed E-state index contributed by atoms with van der Waals surface area (Å²) in [6, 6.07) is 9.83. The topological polar surface area (TPSA) is 69.7 Å². The van der Waals surface area contributed by atoms with Crippen LogP contribution in [0.15, 0.2) is 43.0 Å². The third kappa shape index (κ3) is 7.04. The van der Waals surface area contributed by atoms with E-state index in [0.717, 1.165) is 17.3 Å². The number of hydrogen-bond acceptors (Lipinski definition) is 6. The number of esters is 2. The molecule has 0 N–H and O–H groups in total. The third-order valence-electron chi connectivity index (χ3n) is 4.10. The molecular formula is C20H26O5S. The molecule has 0 aliphatic heterocycles. The Balaban J connectivity index is 3.03. The van der Waals surface area contributed by atoms with Crippen molar-refractivity contribution < 1.29 is 23.9 Å². The Kier molecular flexibility index (Phi) is 9.73. The van der Waals surface area contributed by atoms with Crippen LogP contribution in [-0.2, 0) is 23.9 Å². The van der Waals surface area contributed by atoms with Crippen molar-refractivity contribution in [2.24, 2.45) is 5.92 Å². The lowest BCUT2D eigenvalue weighted by atomic mass is 9.84. The molecule has 1 aromatic carbocycles. The molecule has 3 atom stereocenters. The molecule has 0 aliphatic rings. The highest BCUT2D eigenvalue weighted by atomic mass is 32.2. The van der Waals surface area contributed by atoms with Gasteiger partial charge in [0.15, 0.2) is 5.12 Å². The fourth-order valence-corrected chi connectivity index (χ4v) is 3.80. The summed E-state index contributed by atoms with van der Waals surface area (Å²) in [6.07, 6.45) is 3.19. The first-order valence-corrected chi connectivity index (χ1v) is 9.29. The Labute approximate surface area is 159 Å². The van der Waals surface area contributed by atoms with Gasteiger partial charge in [0.2, 0.25) is 0 Å². The second-order valence-corrected chi connectivity index (χ2v) is 7.32. The molecule has 0 saturated carbocycles. The zero-order chi connectivity index (χ0) is 19.5. The summed E-state index contributed by atoms with van der Waals surface area (Å²) < 4.78 is 9.72. The highest BCUT2D eigenvalue weighted by molar-refractivity contribution is 8.14. The maximum Gasteiger partial charge on any atom is 0.319 e. The van der Waals surface area contributed by atoms with Gasteiger partial charge in [-0.15, -0.1) is 6.58 Å². The smallest absolute Gasteiger partial charge is 0.319 e. The van der Waals surface area contributed by atoms with Crippen molar-refractivity contribution in [3.8, 4) is 0 Å². The van der Waals surface area contributed by atoms with Crippen LogP contribution in [-0.4, -0.2) is 36.5 Å². The van der Waals surface area contributed by atoms with E-state index in [1.807, 2.05) is 36.4 Å². The van der Waals surface area contributed by atoms with Gasteiger partial charge >= 0.3 is 11.9 Å². The highest BCUT2D eigenvalue weighted by Crippen LogP contribution is 2.32. The Morgan fingerprint density at radius 2 is 1.69 bits per heavy atom. The average molecular weight is 378 g/mol. The van der Waals surface area contributed by atoms with E-state index in [9.17, 15) is 14.4 Å². The lowest BCUT2D eigenvalue weighted by Gasteiger charge is -2.24. The van der Waals surface area contributed by atoms with Crippen molar-refractivity contribution >= 4 is 28.8 Å². The van der Waals surface area contributed by atoms with E-state index in [1.165, 1.54) is 21.1 Å². The molecule has 3 unspecified atom stereocenters. The molecule has 0 heterocycles. The summed E-state index contributed by atoms with van der Waals surface area (Å²) in [5, 5.41) is -0.934. The van der Waals surface area contributed by atoms with E-state index < -0.39 is 23.1 Å². The van der Waals surface area contributed by atoms with Gasteiger partial charge in [0, 0.05) is 6.92 Å². The Morgan fingerprint density at radius 1 is 1.08 bits per heavy atom. The van der Waals surface area contributed by atoms with Crippen molar-refractivity contribution in [2.45, 2.75) is 37.4 Å².